The maximum atomic E-state index is 11.5. The molecule has 1 saturated heterocycles. The largest absolute Gasteiger partial charge is 0.465 e. The number of piperazine rings is 1. The second kappa shape index (κ2) is 6.04. The summed E-state index contributed by atoms with van der Waals surface area (Å²) in [5.74, 6) is 0.418. The van der Waals surface area contributed by atoms with Gasteiger partial charge < -0.3 is 14.5 Å². The zero-order valence-corrected chi connectivity index (χ0v) is 12.4. The van der Waals surface area contributed by atoms with Crippen LogP contribution < -0.4 is 9.80 Å². The Labute approximate surface area is 126 Å². The third-order valence-corrected chi connectivity index (χ3v) is 4.30. The molecule has 1 fully saturated rings. The lowest BCUT2D eigenvalue weighted by Gasteiger charge is -2.34. The Bertz CT molecular complexity index is 610. The lowest BCUT2D eigenvalue weighted by Crippen LogP contribution is -2.47. The minimum atomic E-state index is -0.338. The Hall–Kier alpha value is -2.22. The van der Waals surface area contributed by atoms with Crippen LogP contribution in [0, 0.1) is 0 Å². The number of nitrogens with zero attached hydrogens (tertiary/aromatic N) is 5. The second-order valence-electron chi connectivity index (χ2n) is 4.52. The first kappa shape index (κ1) is 13.7. The van der Waals surface area contributed by atoms with E-state index in [4.69, 9.17) is 4.74 Å². The monoisotopic (exact) mass is 305 g/mol. The molecule has 110 valence electrons. The highest BCUT2D eigenvalue weighted by atomic mass is 32.1. The van der Waals surface area contributed by atoms with Crippen LogP contribution in [0.3, 0.4) is 0 Å². The molecular formula is C13H15N5O2S. The Morgan fingerprint density at radius 1 is 1.14 bits per heavy atom. The van der Waals surface area contributed by atoms with E-state index in [2.05, 4.69) is 24.8 Å². The molecule has 1 aliphatic heterocycles. The molecule has 0 aliphatic carbocycles. The van der Waals surface area contributed by atoms with Gasteiger partial charge >= 0.3 is 5.97 Å². The van der Waals surface area contributed by atoms with Gasteiger partial charge in [-0.1, -0.05) is 11.3 Å². The van der Waals surface area contributed by atoms with Gasteiger partial charge in [0.2, 0.25) is 5.95 Å². The molecule has 21 heavy (non-hydrogen) atoms. The molecule has 0 radical (unpaired) electrons. The molecule has 0 N–H and O–H groups in total. The fourth-order valence-corrected chi connectivity index (χ4v) is 3.04. The zero-order chi connectivity index (χ0) is 14.7. The first-order valence-corrected chi connectivity index (χ1v) is 7.40. The third-order valence-electron chi connectivity index (χ3n) is 3.27. The van der Waals surface area contributed by atoms with Crippen LogP contribution >= 0.6 is 11.3 Å². The molecule has 7 nitrogen and oxygen atoms in total. The Morgan fingerprint density at radius 2 is 1.81 bits per heavy atom. The quantitative estimate of drug-likeness (QED) is 0.785. The molecular weight excluding hydrogens is 290 g/mol. The number of methoxy groups -OCH3 is 1. The highest BCUT2D eigenvalue weighted by molar-refractivity contribution is 7.17. The molecule has 0 saturated carbocycles. The molecule has 3 heterocycles. The van der Waals surface area contributed by atoms with Gasteiger partial charge in [0.1, 0.15) is 4.88 Å². The van der Waals surface area contributed by atoms with Crippen molar-refractivity contribution in [2.45, 2.75) is 0 Å². The van der Waals surface area contributed by atoms with Gasteiger partial charge in [0, 0.05) is 38.6 Å². The molecule has 0 aromatic carbocycles. The number of carbonyl (C=O) groups is 1. The van der Waals surface area contributed by atoms with E-state index in [1.165, 1.54) is 18.4 Å². The van der Waals surface area contributed by atoms with Gasteiger partial charge in [-0.05, 0) is 6.07 Å². The van der Waals surface area contributed by atoms with Crippen molar-refractivity contribution in [3.63, 3.8) is 0 Å². The minimum absolute atomic E-state index is 0.338. The number of ether oxygens (including phenoxy) is 1. The summed E-state index contributed by atoms with van der Waals surface area (Å²) >= 11 is 1.36. The number of hydrogen-bond acceptors (Lipinski definition) is 8. The van der Waals surface area contributed by atoms with Crippen molar-refractivity contribution in [3.8, 4) is 0 Å². The SMILES string of the molecule is COC(=O)c1cnc(N2CCN(c3ncccn3)CC2)s1. The standard InChI is InChI=1S/C13H15N5O2S/c1-20-11(19)10-9-16-13(21-10)18-7-5-17(6-8-18)12-14-3-2-4-15-12/h2-4,9H,5-8H2,1H3. The summed E-state index contributed by atoms with van der Waals surface area (Å²) in [6, 6.07) is 1.81. The van der Waals surface area contributed by atoms with Crippen LogP contribution in [0.2, 0.25) is 0 Å². The van der Waals surface area contributed by atoms with E-state index < -0.39 is 0 Å². The van der Waals surface area contributed by atoms with Gasteiger partial charge in [-0.3, -0.25) is 0 Å². The number of anilines is 2. The summed E-state index contributed by atoms with van der Waals surface area (Å²) in [5.41, 5.74) is 0. The Morgan fingerprint density at radius 3 is 2.48 bits per heavy atom. The molecule has 8 heteroatoms. The molecule has 0 atom stereocenters. The third kappa shape index (κ3) is 2.94. The highest BCUT2D eigenvalue weighted by Gasteiger charge is 2.22. The Kier molecular flexibility index (Phi) is 3.96. The van der Waals surface area contributed by atoms with Gasteiger partial charge in [-0.25, -0.2) is 19.7 Å². The fourth-order valence-electron chi connectivity index (χ4n) is 2.16. The average molecular weight is 305 g/mol. The summed E-state index contributed by atoms with van der Waals surface area (Å²) < 4.78 is 4.70. The summed E-state index contributed by atoms with van der Waals surface area (Å²) in [5, 5.41) is 0.851. The van der Waals surface area contributed by atoms with Crippen molar-refractivity contribution >= 4 is 28.4 Å². The molecule has 2 aromatic rings. The zero-order valence-electron chi connectivity index (χ0n) is 11.6. The van der Waals surface area contributed by atoms with E-state index in [0.717, 1.165) is 37.3 Å². The number of rotatable bonds is 3. The summed E-state index contributed by atoms with van der Waals surface area (Å²) in [6.07, 6.45) is 5.06. The van der Waals surface area contributed by atoms with Crippen molar-refractivity contribution in [2.24, 2.45) is 0 Å². The normalized spacial score (nSPS) is 15.1. The Balaban J connectivity index is 1.63. The predicted molar refractivity (Wildman–Crippen MR) is 79.9 cm³/mol. The van der Waals surface area contributed by atoms with Crippen LogP contribution in [0.1, 0.15) is 9.67 Å². The number of carbonyl (C=O) groups excluding carboxylic acids is 1. The van der Waals surface area contributed by atoms with Gasteiger partial charge in [-0.2, -0.15) is 0 Å². The van der Waals surface area contributed by atoms with E-state index in [9.17, 15) is 4.79 Å². The molecule has 1 aliphatic rings. The van der Waals surface area contributed by atoms with Crippen LogP contribution in [0.15, 0.2) is 24.7 Å². The van der Waals surface area contributed by atoms with E-state index >= 15 is 0 Å². The smallest absolute Gasteiger partial charge is 0.349 e. The van der Waals surface area contributed by atoms with Gasteiger partial charge in [0.15, 0.2) is 5.13 Å². The molecule has 0 spiro atoms. The van der Waals surface area contributed by atoms with E-state index in [1.54, 1.807) is 18.6 Å². The average Bonchev–Trinajstić information content (AvgIpc) is 3.05. The molecule has 2 aromatic heterocycles. The van der Waals surface area contributed by atoms with E-state index in [-0.39, 0.29) is 5.97 Å². The maximum absolute atomic E-state index is 11.5. The predicted octanol–water partition coefficient (Wildman–Crippen LogP) is 1.05. The minimum Gasteiger partial charge on any atom is -0.465 e. The van der Waals surface area contributed by atoms with Crippen molar-refractivity contribution in [1.82, 2.24) is 15.0 Å². The molecule has 0 amide bonds. The van der Waals surface area contributed by atoms with Crippen molar-refractivity contribution in [1.29, 1.82) is 0 Å². The fraction of sp³-hybridized carbons (Fsp3) is 0.385. The van der Waals surface area contributed by atoms with Crippen LogP contribution in [0.5, 0.6) is 0 Å². The topological polar surface area (TPSA) is 71.5 Å². The van der Waals surface area contributed by atoms with E-state index in [0.29, 0.717) is 4.88 Å². The lowest BCUT2D eigenvalue weighted by molar-refractivity contribution is 0.0606. The first-order chi connectivity index (χ1) is 10.3. The van der Waals surface area contributed by atoms with Crippen LogP contribution in [-0.4, -0.2) is 54.2 Å². The number of aromatic nitrogens is 3. The molecule has 0 bridgehead atoms. The first-order valence-electron chi connectivity index (χ1n) is 6.59. The summed E-state index contributed by atoms with van der Waals surface area (Å²) in [4.78, 5) is 29.1. The number of thiazole rings is 1. The van der Waals surface area contributed by atoms with Crippen molar-refractivity contribution < 1.29 is 9.53 Å². The summed E-state index contributed by atoms with van der Waals surface area (Å²) in [7, 11) is 1.38. The molecule has 3 rings (SSSR count). The van der Waals surface area contributed by atoms with Gasteiger partial charge in [0.25, 0.3) is 0 Å². The van der Waals surface area contributed by atoms with Crippen LogP contribution in [-0.2, 0) is 4.74 Å². The second-order valence-corrected chi connectivity index (χ2v) is 5.53. The van der Waals surface area contributed by atoms with Crippen LogP contribution in [0.25, 0.3) is 0 Å². The highest BCUT2D eigenvalue weighted by Crippen LogP contribution is 2.24. The van der Waals surface area contributed by atoms with Gasteiger partial charge in [0.05, 0.1) is 13.3 Å². The van der Waals surface area contributed by atoms with Crippen molar-refractivity contribution in [2.75, 3.05) is 43.1 Å². The number of esters is 1. The van der Waals surface area contributed by atoms with Crippen LogP contribution in [0.4, 0.5) is 11.1 Å². The number of hydrogen-bond donors (Lipinski definition) is 0. The van der Waals surface area contributed by atoms with Gasteiger partial charge in [-0.15, -0.1) is 0 Å². The van der Waals surface area contributed by atoms with E-state index in [1.807, 2.05) is 6.07 Å². The summed E-state index contributed by atoms with van der Waals surface area (Å²) in [6.45, 7) is 3.31. The maximum Gasteiger partial charge on any atom is 0.349 e. The molecule has 0 unspecified atom stereocenters. The lowest BCUT2D eigenvalue weighted by atomic mass is 10.3. The van der Waals surface area contributed by atoms with Crippen molar-refractivity contribution in [3.05, 3.63) is 29.5 Å².